The fourth-order valence-corrected chi connectivity index (χ4v) is 4.18. The van der Waals surface area contributed by atoms with E-state index in [9.17, 15) is 14.4 Å². The Labute approximate surface area is 149 Å². The fraction of sp³-hybridized carbons (Fsp3) is 0.308. The van der Waals surface area contributed by atoms with Gasteiger partial charge in [-0.15, -0.1) is 23.1 Å². The number of hydrogen-bond donors (Lipinski definition) is 3. The molecule has 25 heavy (non-hydrogen) atoms. The number of amides is 2. The minimum atomic E-state index is -1.18. The lowest BCUT2D eigenvalue weighted by Crippen LogP contribution is -2.70. The predicted molar refractivity (Wildman–Crippen MR) is 90.8 cm³/mol. The molecule has 12 heteroatoms. The van der Waals surface area contributed by atoms with E-state index in [4.69, 9.17) is 10.8 Å². The van der Waals surface area contributed by atoms with Gasteiger partial charge in [-0.1, -0.05) is 5.16 Å². The van der Waals surface area contributed by atoms with Crippen LogP contribution < -0.4 is 11.1 Å². The maximum atomic E-state index is 12.5. The van der Waals surface area contributed by atoms with E-state index in [1.165, 1.54) is 24.9 Å². The average molecular weight is 383 g/mol. The molecule has 0 aromatic carbocycles. The number of nitrogens with two attached hydrogens (primary N) is 1. The zero-order chi connectivity index (χ0) is 18.1. The van der Waals surface area contributed by atoms with Crippen LogP contribution in [-0.4, -0.2) is 62.8 Å². The number of carbonyl (C=O) groups is 3. The molecule has 1 aromatic heterocycles. The molecule has 2 atom stereocenters. The second-order valence-electron chi connectivity index (χ2n) is 4.97. The average Bonchev–Trinajstić information content (AvgIpc) is 3.02. The largest absolute Gasteiger partial charge is 0.477 e. The van der Waals surface area contributed by atoms with E-state index in [1.807, 2.05) is 0 Å². The van der Waals surface area contributed by atoms with Gasteiger partial charge in [0.25, 0.3) is 11.8 Å². The number of nitrogen functional groups attached to an aromatic ring is 1. The summed E-state index contributed by atoms with van der Waals surface area (Å²) in [6, 6.07) is -0.849. The van der Waals surface area contributed by atoms with Gasteiger partial charge in [-0.2, -0.15) is 0 Å². The van der Waals surface area contributed by atoms with E-state index in [0.717, 1.165) is 16.2 Å². The van der Waals surface area contributed by atoms with Crippen molar-refractivity contribution in [1.82, 2.24) is 15.2 Å². The van der Waals surface area contributed by atoms with E-state index in [-0.39, 0.29) is 22.2 Å². The monoisotopic (exact) mass is 383 g/mol. The SMILES string of the molecule is CO/N=C(/C(=O)N[C@H]1C(=O)N2C(C(=O)O)=CCS[C@H]12)c1csc(N)n1. The first-order valence-electron chi connectivity index (χ1n) is 6.95. The molecule has 1 aromatic rings. The molecule has 0 aliphatic carbocycles. The number of nitrogens with zero attached hydrogens (tertiary/aromatic N) is 3. The molecule has 3 rings (SSSR count). The number of thioether (sulfide) groups is 1. The van der Waals surface area contributed by atoms with Gasteiger partial charge >= 0.3 is 5.97 Å². The number of thiazole rings is 1. The second kappa shape index (κ2) is 6.72. The highest BCUT2D eigenvalue weighted by Crippen LogP contribution is 2.37. The van der Waals surface area contributed by atoms with Gasteiger partial charge in [0, 0.05) is 11.1 Å². The summed E-state index contributed by atoms with van der Waals surface area (Å²) in [4.78, 5) is 45.7. The van der Waals surface area contributed by atoms with Gasteiger partial charge in [-0.3, -0.25) is 14.5 Å². The number of aliphatic carboxylic acids is 1. The van der Waals surface area contributed by atoms with Gasteiger partial charge in [0.1, 0.15) is 29.9 Å². The topological polar surface area (TPSA) is 147 Å². The lowest BCUT2D eigenvalue weighted by Gasteiger charge is -2.48. The Morgan fingerprint density at radius 1 is 1.56 bits per heavy atom. The Bertz CT molecular complexity index is 804. The predicted octanol–water partition coefficient (Wildman–Crippen LogP) is -0.556. The normalized spacial score (nSPS) is 22.6. The Kier molecular flexibility index (Phi) is 4.63. The van der Waals surface area contributed by atoms with Crippen LogP contribution in [-0.2, 0) is 19.2 Å². The molecule has 0 spiro atoms. The number of carbonyl (C=O) groups excluding carboxylic acids is 2. The number of nitrogens with one attached hydrogen (secondary N) is 1. The number of rotatable bonds is 5. The Balaban J connectivity index is 1.75. The molecule has 1 saturated heterocycles. The van der Waals surface area contributed by atoms with Gasteiger partial charge in [0.05, 0.1) is 0 Å². The Morgan fingerprint density at radius 3 is 2.92 bits per heavy atom. The molecule has 0 saturated carbocycles. The zero-order valence-corrected chi connectivity index (χ0v) is 14.5. The third-order valence-corrected chi connectivity index (χ3v) is 5.37. The molecule has 2 aliphatic rings. The van der Waals surface area contributed by atoms with Crippen molar-refractivity contribution in [3.05, 3.63) is 22.8 Å². The number of oxime groups is 1. The summed E-state index contributed by atoms with van der Waals surface area (Å²) < 4.78 is 0. The van der Waals surface area contributed by atoms with Crippen LogP contribution in [0, 0.1) is 0 Å². The minimum absolute atomic E-state index is 0.0719. The van der Waals surface area contributed by atoms with E-state index < -0.39 is 29.2 Å². The van der Waals surface area contributed by atoms with Crippen molar-refractivity contribution in [3.8, 4) is 0 Å². The second-order valence-corrected chi connectivity index (χ2v) is 7.01. The summed E-state index contributed by atoms with van der Waals surface area (Å²) >= 11 is 2.49. The number of anilines is 1. The standard InChI is InChI=1S/C13H13N5O5S2/c1-23-17-7(5-4-25-13(14)15-5)9(19)16-8-10(20)18-6(12(21)22)2-3-24-11(8)18/h2,4,8,11H,3H2,1H3,(H2,14,15)(H,16,19)(H,21,22)/b17-7+/t8-,11+/m0/s1. The van der Waals surface area contributed by atoms with Gasteiger partial charge < -0.3 is 21.0 Å². The molecular weight excluding hydrogens is 370 g/mol. The highest BCUT2D eigenvalue weighted by atomic mass is 32.2. The summed E-state index contributed by atoms with van der Waals surface area (Å²) in [5.41, 5.74) is 5.60. The highest BCUT2D eigenvalue weighted by Gasteiger charge is 2.53. The van der Waals surface area contributed by atoms with Crippen molar-refractivity contribution in [2.24, 2.45) is 5.16 Å². The molecular formula is C13H13N5O5S2. The number of carboxylic acid groups (broad SMARTS) is 1. The molecule has 0 bridgehead atoms. The molecule has 1 fully saturated rings. The van der Waals surface area contributed by atoms with Crippen molar-refractivity contribution < 1.29 is 24.3 Å². The van der Waals surface area contributed by atoms with Crippen LogP contribution >= 0.6 is 23.1 Å². The number of hydrogen-bond acceptors (Lipinski definition) is 9. The molecule has 3 heterocycles. The quantitative estimate of drug-likeness (QED) is 0.348. The van der Waals surface area contributed by atoms with E-state index in [1.54, 1.807) is 5.38 Å². The van der Waals surface area contributed by atoms with Gasteiger partial charge in [0.2, 0.25) is 0 Å². The molecule has 2 amide bonds. The van der Waals surface area contributed by atoms with Crippen molar-refractivity contribution in [3.63, 3.8) is 0 Å². The number of fused-ring (bicyclic) bond motifs is 1. The van der Waals surface area contributed by atoms with Crippen molar-refractivity contribution in [1.29, 1.82) is 0 Å². The van der Waals surface area contributed by atoms with Crippen molar-refractivity contribution in [2.75, 3.05) is 18.6 Å². The molecule has 0 radical (unpaired) electrons. The Morgan fingerprint density at radius 2 is 2.32 bits per heavy atom. The third kappa shape index (κ3) is 3.05. The Hall–Kier alpha value is -2.60. The van der Waals surface area contributed by atoms with Crippen LogP contribution in [0.4, 0.5) is 5.13 Å². The van der Waals surface area contributed by atoms with Crippen LogP contribution in [0.2, 0.25) is 0 Å². The number of β-lactam (4-membered cyclic amide) rings is 1. The van der Waals surface area contributed by atoms with Gasteiger partial charge in [-0.05, 0) is 6.08 Å². The van der Waals surface area contributed by atoms with E-state index in [2.05, 4.69) is 20.3 Å². The molecule has 2 aliphatic heterocycles. The highest BCUT2D eigenvalue weighted by molar-refractivity contribution is 8.00. The van der Waals surface area contributed by atoms with E-state index >= 15 is 0 Å². The molecule has 10 nitrogen and oxygen atoms in total. The number of carboxylic acids is 1. The van der Waals surface area contributed by atoms with Crippen LogP contribution in [0.1, 0.15) is 5.69 Å². The zero-order valence-electron chi connectivity index (χ0n) is 12.8. The third-order valence-electron chi connectivity index (χ3n) is 3.51. The summed E-state index contributed by atoms with van der Waals surface area (Å²) in [7, 11) is 1.28. The molecule has 132 valence electrons. The number of aromatic nitrogens is 1. The first-order chi connectivity index (χ1) is 11.9. The summed E-state index contributed by atoms with van der Waals surface area (Å²) in [6.07, 6.45) is 1.47. The molecule has 4 N–H and O–H groups in total. The maximum Gasteiger partial charge on any atom is 0.352 e. The first kappa shape index (κ1) is 17.2. The summed E-state index contributed by atoms with van der Waals surface area (Å²) in [6.45, 7) is 0. The lowest BCUT2D eigenvalue weighted by molar-refractivity contribution is -0.150. The van der Waals surface area contributed by atoms with Gasteiger partial charge in [-0.25, -0.2) is 9.78 Å². The van der Waals surface area contributed by atoms with Crippen LogP contribution in [0.3, 0.4) is 0 Å². The van der Waals surface area contributed by atoms with Crippen LogP contribution in [0.25, 0.3) is 0 Å². The first-order valence-corrected chi connectivity index (χ1v) is 8.88. The molecule has 0 unspecified atom stereocenters. The summed E-state index contributed by atoms with van der Waals surface area (Å²) in [5.74, 6) is -1.89. The van der Waals surface area contributed by atoms with Crippen molar-refractivity contribution >= 4 is 51.7 Å². The lowest BCUT2D eigenvalue weighted by atomic mass is 10.0. The fourth-order valence-electron chi connectivity index (χ4n) is 2.44. The van der Waals surface area contributed by atoms with Crippen LogP contribution in [0.15, 0.2) is 22.3 Å². The smallest absolute Gasteiger partial charge is 0.352 e. The summed E-state index contributed by atoms with van der Waals surface area (Å²) in [5, 5.41) is 16.7. The van der Waals surface area contributed by atoms with Gasteiger partial charge in [0.15, 0.2) is 10.8 Å². The van der Waals surface area contributed by atoms with Crippen LogP contribution in [0.5, 0.6) is 0 Å². The maximum absolute atomic E-state index is 12.5. The van der Waals surface area contributed by atoms with E-state index in [0.29, 0.717) is 5.75 Å². The van der Waals surface area contributed by atoms with Crippen molar-refractivity contribution in [2.45, 2.75) is 11.4 Å². The minimum Gasteiger partial charge on any atom is -0.477 e.